The molecule has 10 heteroatoms. The first-order valence-electron chi connectivity index (χ1n) is 10.3. The first-order valence-corrected chi connectivity index (χ1v) is 11.5. The van der Waals surface area contributed by atoms with Crippen molar-refractivity contribution in [3.05, 3.63) is 52.5 Å². The summed E-state index contributed by atoms with van der Waals surface area (Å²) in [5.41, 5.74) is 1.36. The predicted molar refractivity (Wildman–Crippen MR) is 121 cm³/mol. The van der Waals surface area contributed by atoms with E-state index in [1.54, 1.807) is 29.2 Å². The Hall–Kier alpha value is -3.17. The lowest BCUT2D eigenvalue weighted by atomic mass is 9.94. The number of aromatic nitrogens is 3. The van der Waals surface area contributed by atoms with Crippen LogP contribution >= 0.6 is 22.9 Å². The van der Waals surface area contributed by atoms with E-state index in [4.69, 9.17) is 16.1 Å². The van der Waals surface area contributed by atoms with Crippen LogP contribution in [0.1, 0.15) is 23.3 Å². The molecule has 1 saturated heterocycles. The van der Waals surface area contributed by atoms with Crippen molar-refractivity contribution in [1.82, 2.24) is 20.0 Å². The predicted octanol–water partition coefficient (Wildman–Crippen LogP) is 4.42. The zero-order valence-corrected chi connectivity index (χ0v) is 18.4. The third-order valence-electron chi connectivity index (χ3n) is 6.41. The molecule has 2 amide bonds. The number of carbonyl (C=O) groups is 2. The molecule has 4 heterocycles. The molecule has 32 heavy (non-hydrogen) atoms. The number of hydrogen-bond donors (Lipinski definition) is 2. The maximum absolute atomic E-state index is 13.0. The topological polar surface area (TPSA) is 104 Å². The van der Waals surface area contributed by atoms with E-state index in [-0.39, 0.29) is 17.7 Å². The largest absolute Gasteiger partial charge is 0.355 e. The molecule has 4 aromatic rings. The molecule has 1 aliphatic heterocycles. The minimum absolute atomic E-state index is 0.0545. The number of fused-ring (bicyclic) bond motifs is 2. The second kappa shape index (κ2) is 7.18. The first-order chi connectivity index (χ1) is 15.5. The van der Waals surface area contributed by atoms with Crippen molar-refractivity contribution in [1.29, 1.82) is 0 Å². The summed E-state index contributed by atoms with van der Waals surface area (Å²) in [7, 11) is 0. The highest BCUT2D eigenvalue weighted by Gasteiger charge is 2.62. The third-order valence-corrected chi connectivity index (χ3v) is 7.53. The second-order valence-electron chi connectivity index (χ2n) is 8.31. The summed E-state index contributed by atoms with van der Waals surface area (Å²) in [5, 5.41) is 9.43. The van der Waals surface area contributed by atoms with Crippen LogP contribution in [0.5, 0.6) is 0 Å². The van der Waals surface area contributed by atoms with Crippen molar-refractivity contribution in [2.24, 2.45) is 11.3 Å². The number of H-pyrrole nitrogens is 1. The zero-order chi connectivity index (χ0) is 21.9. The molecule has 0 spiro atoms. The normalized spacial score (nSPS) is 22.0. The van der Waals surface area contributed by atoms with Crippen molar-refractivity contribution in [2.75, 3.05) is 18.4 Å². The highest BCUT2D eigenvalue weighted by Crippen LogP contribution is 2.58. The average molecular weight is 468 g/mol. The summed E-state index contributed by atoms with van der Waals surface area (Å²) in [6.45, 7) is 1.03. The number of hydrogen-bond acceptors (Lipinski definition) is 6. The Morgan fingerprint density at radius 3 is 3.03 bits per heavy atom. The van der Waals surface area contributed by atoms with Crippen molar-refractivity contribution >= 4 is 51.7 Å². The first kappa shape index (κ1) is 19.5. The Bertz CT molecular complexity index is 1350. The maximum atomic E-state index is 13.0. The summed E-state index contributed by atoms with van der Waals surface area (Å²) in [5.74, 6) is 0.914. The summed E-state index contributed by atoms with van der Waals surface area (Å²) >= 11 is 7.55. The standard InChI is InChI=1S/C22H18ClN5O3S/c23-13-3-4-14-15(8-13)25-21(24-14)26-20(30)22-5-6-28(11-12(22)10-22)19(29)16-9-17(31-27-16)18-2-1-7-32-18/h1-4,7-9,12H,5-6,10-11H2,(H2,24,25,26,30). The molecule has 2 atom stereocenters. The number of likely N-dealkylation sites (tertiary alicyclic amines) is 1. The Labute approximate surface area is 191 Å². The van der Waals surface area contributed by atoms with Gasteiger partial charge in [-0.2, -0.15) is 0 Å². The van der Waals surface area contributed by atoms with Gasteiger partial charge < -0.3 is 14.4 Å². The highest BCUT2D eigenvalue weighted by atomic mass is 35.5. The Balaban J connectivity index is 1.12. The molecule has 2 N–H and O–H groups in total. The molecule has 6 rings (SSSR count). The molecule has 3 aromatic heterocycles. The molecule has 162 valence electrons. The number of imidazole rings is 1. The van der Waals surface area contributed by atoms with Crippen LogP contribution in [-0.2, 0) is 4.79 Å². The van der Waals surface area contributed by atoms with Crippen LogP contribution < -0.4 is 5.32 Å². The number of thiophene rings is 1. The van der Waals surface area contributed by atoms with Gasteiger partial charge in [-0.25, -0.2) is 4.98 Å². The maximum Gasteiger partial charge on any atom is 0.276 e. The molecule has 1 aliphatic carbocycles. The minimum Gasteiger partial charge on any atom is -0.355 e. The molecule has 2 fully saturated rings. The lowest BCUT2D eigenvalue weighted by Crippen LogP contribution is -2.42. The Morgan fingerprint density at radius 2 is 2.22 bits per heavy atom. The number of anilines is 1. The van der Waals surface area contributed by atoms with Crippen molar-refractivity contribution in [2.45, 2.75) is 12.8 Å². The van der Waals surface area contributed by atoms with Crippen LogP contribution in [0.4, 0.5) is 5.95 Å². The number of halogens is 1. The average Bonchev–Trinajstić information content (AvgIpc) is 3.21. The van der Waals surface area contributed by atoms with Gasteiger partial charge in [-0.1, -0.05) is 22.8 Å². The number of nitrogens with zero attached hydrogens (tertiary/aromatic N) is 3. The van der Waals surface area contributed by atoms with Crippen LogP contribution in [0.15, 0.2) is 46.3 Å². The van der Waals surface area contributed by atoms with Crippen LogP contribution in [0.2, 0.25) is 5.02 Å². The number of aromatic amines is 1. The minimum atomic E-state index is -0.445. The number of nitrogens with one attached hydrogen (secondary N) is 2. The smallest absolute Gasteiger partial charge is 0.276 e. The van der Waals surface area contributed by atoms with E-state index in [2.05, 4.69) is 20.4 Å². The molecule has 1 aromatic carbocycles. The highest BCUT2D eigenvalue weighted by molar-refractivity contribution is 7.13. The molecule has 8 nitrogen and oxygen atoms in total. The molecule has 0 radical (unpaired) electrons. The van der Waals surface area contributed by atoms with Gasteiger partial charge in [-0.3, -0.25) is 14.9 Å². The zero-order valence-electron chi connectivity index (χ0n) is 16.8. The van der Waals surface area contributed by atoms with E-state index in [1.165, 1.54) is 11.3 Å². The van der Waals surface area contributed by atoms with E-state index in [9.17, 15) is 9.59 Å². The van der Waals surface area contributed by atoms with Crippen molar-refractivity contribution in [3.63, 3.8) is 0 Å². The number of amides is 2. The number of benzene rings is 1. The van der Waals surface area contributed by atoms with Gasteiger partial charge in [-0.05, 0) is 48.4 Å². The fraction of sp³-hybridized carbons (Fsp3) is 0.273. The van der Waals surface area contributed by atoms with E-state index in [0.29, 0.717) is 41.9 Å². The fourth-order valence-electron chi connectivity index (χ4n) is 4.54. The van der Waals surface area contributed by atoms with Gasteiger partial charge in [0, 0.05) is 24.2 Å². The summed E-state index contributed by atoms with van der Waals surface area (Å²) in [4.78, 5) is 36.2. The number of carbonyl (C=O) groups excluding carboxylic acids is 2. The van der Waals surface area contributed by atoms with Gasteiger partial charge in [0.1, 0.15) is 0 Å². The van der Waals surface area contributed by atoms with Gasteiger partial charge in [0.05, 0.1) is 21.3 Å². The molecule has 1 saturated carbocycles. The SMILES string of the molecule is O=C(c1cc(-c2cccs2)on1)N1CCC2(C(=O)Nc3nc4ccc(Cl)cc4[nH]3)CC2C1. The van der Waals surface area contributed by atoms with Gasteiger partial charge in [0.2, 0.25) is 11.9 Å². The van der Waals surface area contributed by atoms with E-state index in [0.717, 1.165) is 22.3 Å². The Kier molecular flexibility index (Phi) is 4.38. The van der Waals surface area contributed by atoms with Gasteiger partial charge in [-0.15, -0.1) is 11.3 Å². The monoisotopic (exact) mass is 467 g/mol. The van der Waals surface area contributed by atoms with E-state index < -0.39 is 5.41 Å². The summed E-state index contributed by atoms with van der Waals surface area (Å²) < 4.78 is 5.35. The number of rotatable bonds is 4. The molecule has 2 unspecified atom stereocenters. The summed E-state index contributed by atoms with van der Waals surface area (Å²) in [6.07, 6.45) is 1.37. The lowest BCUT2D eigenvalue weighted by molar-refractivity contribution is -0.122. The molecular formula is C22H18ClN5O3S. The van der Waals surface area contributed by atoms with Gasteiger partial charge >= 0.3 is 0 Å². The molecule has 0 bridgehead atoms. The lowest BCUT2D eigenvalue weighted by Gasteiger charge is -2.30. The van der Waals surface area contributed by atoms with E-state index >= 15 is 0 Å². The number of piperidine rings is 1. The molecule has 2 aliphatic rings. The van der Waals surface area contributed by atoms with Crippen LogP contribution in [-0.4, -0.2) is 44.9 Å². The quantitative estimate of drug-likeness (QED) is 0.462. The third kappa shape index (κ3) is 3.20. The van der Waals surface area contributed by atoms with Crippen LogP contribution in [0.25, 0.3) is 21.7 Å². The Morgan fingerprint density at radius 1 is 1.31 bits per heavy atom. The molecular weight excluding hydrogens is 450 g/mol. The van der Waals surface area contributed by atoms with Crippen LogP contribution in [0, 0.1) is 11.3 Å². The fourth-order valence-corrected chi connectivity index (χ4v) is 5.39. The van der Waals surface area contributed by atoms with Crippen LogP contribution in [0.3, 0.4) is 0 Å². The van der Waals surface area contributed by atoms with E-state index in [1.807, 2.05) is 17.5 Å². The van der Waals surface area contributed by atoms with Crippen molar-refractivity contribution in [3.8, 4) is 10.6 Å². The van der Waals surface area contributed by atoms with Gasteiger partial charge in [0.25, 0.3) is 5.91 Å². The second-order valence-corrected chi connectivity index (χ2v) is 9.70. The van der Waals surface area contributed by atoms with Gasteiger partial charge in [0.15, 0.2) is 11.5 Å². The summed E-state index contributed by atoms with van der Waals surface area (Å²) in [6, 6.07) is 10.9. The van der Waals surface area contributed by atoms with Crippen molar-refractivity contribution < 1.29 is 14.1 Å².